The highest BCUT2D eigenvalue weighted by molar-refractivity contribution is 6.30. The lowest BCUT2D eigenvalue weighted by atomic mass is 9.71. The normalized spacial score (nSPS) is 32.9. The number of rotatable bonds is 3. The van der Waals surface area contributed by atoms with Gasteiger partial charge < -0.3 is 35.6 Å². The highest BCUT2D eigenvalue weighted by Gasteiger charge is 2.56. The molecule has 0 radical (unpaired) electrons. The van der Waals surface area contributed by atoms with E-state index >= 15 is 4.39 Å². The van der Waals surface area contributed by atoms with Gasteiger partial charge in [-0.2, -0.15) is 0 Å². The van der Waals surface area contributed by atoms with Gasteiger partial charge in [0, 0.05) is 41.1 Å². The van der Waals surface area contributed by atoms with Crippen LogP contribution in [0.4, 0.5) is 4.39 Å². The van der Waals surface area contributed by atoms with Gasteiger partial charge in [0.2, 0.25) is 0 Å². The minimum Gasteiger partial charge on any atom is -0.507 e. The van der Waals surface area contributed by atoms with Crippen LogP contribution < -0.4 is 5.73 Å². The zero-order chi connectivity index (χ0) is 27.0. The molecule has 196 valence electrons. The SMILES string of the molecule is CC(=O)[C@]1(O)Cc2c(O)c3c(c(O)c2[C@@H](O[C@H]2C[C@H](N)[C@H](O)[C@H](C)O2)[C@H]1F)C(=O)c1ccccc1C3=O. The average Bonchev–Trinajstić information content (AvgIpc) is 2.85. The van der Waals surface area contributed by atoms with Crippen LogP contribution in [0.5, 0.6) is 11.5 Å². The number of ether oxygens (including phenoxy) is 2. The number of phenols is 2. The number of carbonyl (C=O) groups is 3. The molecule has 2 aliphatic carbocycles. The number of benzene rings is 2. The molecular formula is C26H26FNO9. The van der Waals surface area contributed by atoms with Gasteiger partial charge >= 0.3 is 0 Å². The highest BCUT2D eigenvalue weighted by atomic mass is 19.1. The largest absolute Gasteiger partial charge is 0.507 e. The van der Waals surface area contributed by atoms with Crippen LogP contribution in [0.1, 0.15) is 69.3 Å². The Hall–Kier alpha value is -3.22. The van der Waals surface area contributed by atoms with Crippen LogP contribution in [0.3, 0.4) is 0 Å². The maximum absolute atomic E-state index is 15.9. The summed E-state index contributed by atoms with van der Waals surface area (Å²) in [5.74, 6) is -4.07. The summed E-state index contributed by atoms with van der Waals surface area (Å²) < 4.78 is 27.3. The Morgan fingerprint density at radius 2 is 1.70 bits per heavy atom. The fourth-order valence-corrected chi connectivity index (χ4v) is 5.42. The number of fused-ring (bicyclic) bond motifs is 3. The number of alkyl halides is 1. The van der Waals surface area contributed by atoms with E-state index < -0.39 is 88.8 Å². The quantitative estimate of drug-likeness (QED) is 0.316. The molecule has 3 aliphatic rings. The molecule has 0 bridgehead atoms. The van der Waals surface area contributed by atoms with Gasteiger partial charge in [0.15, 0.2) is 35.4 Å². The van der Waals surface area contributed by atoms with Crippen molar-refractivity contribution in [3.63, 3.8) is 0 Å². The molecule has 37 heavy (non-hydrogen) atoms. The summed E-state index contributed by atoms with van der Waals surface area (Å²) in [5, 5.41) is 43.6. The van der Waals surface area contributed by atoms with E-state index in [4.69, 9.17) is 15.2 Å². The molecule has 0 saturated carbocycles. The fourth-order valence-electron chi connectivity index (χ4n) is 5.42. The predicted molar refractivity (Wildman–Crippen MR) is 124 cm³/mol. The lowest BCUT2D eigenvalue weighted by molar-refractivity contribution is -0.258. The predicted octanol–water partition coefficient (Wildman–Crippen LogP) is 0.968. The zero-order valence-electron chi connectivity index (χ0n) is 20.0. The fraction of sp³-hybridized carbons (Fsp3) is 0.423. The van der Waals surface area contributed by atoms with Crippen molar-refractivity contribution >= 4 is 17.3 Å². The lowest BCUT2D eigenvalue weighted by Crippen LogP contribution is -2.56. The van der Waals surface area contributed by atoms with Crippen molar-refractivity contribution in [1.29, 1.82) is 0 Å². The van der Waals surface area contributed by atoms with Crippen LogP contribution >= 0.6 is 0 Å². The number of hydrogen-bond donors (Lipinski definition) is 5. The van der Waals surface area contributed by atoms with Crippen LogP contribution in [0.15, 0.2) is 24.3 Å². The Bertz CT molecular complexity index is 1330. The standard InChI is InChI=1S/C26H26FNO9/c1-9-19(30)14(28)7-15(36-9)37-24-16-13(8-26(35,10(2)29)25(24)27)22(33)17-18(23(16)34)21(32)12-6-4-3-5-11(12)20(17)31/h3-6,9,14-15,19,24-25,30,33-35H,7-8,28H2,1-2H3/t9-,14-,15-,19+,24+,25+,26+/m0/s1. The van der Waals surface area contributed by atoms with E-state index in [1.54, 1.807) is 0 Å². The number of nitrogens with two attached hydrogens (primary N) is 1. The van der Waals surface area contributed by atoms with E-state index in [1.807, 2.05) is 0 Å². The van der Waals surface area contributed by atoms with Crippen molar-refractivity contribution in [2.75, 3.05) is 0 Å². The molecule has 1 fully saturated rings. The number of phenolic OH excluding ortho intramolecular Hbond substituents is 2. The first-order valence-electron chi connectivity index (χ1n) is 11.8. The Kier molecular flexibility index (Phi) is 5.96. The maximum atomic E-state index is 15.9. The molecular weight excluding hydrogens is 489 g/mol. The summed E-state index contributed by atoms with van der Waals surface area (Å²) in [6.07, 6.45) is -8.28. The Morgan fingerprint density at radius 3 is 2.24 bits per heavy atom. The second-order valence-electron chi connectivity index (χ2n) is 9.82. The number of Topliss-reactive ketones (excluding diaryl/α,β-unsaturated/α-hetero) is 1. The summed E-state index contributed by atoms with van der Waals surface area (Å²) in [4.78, 5) is 39.0. The monoisotopic (exact) mass is 515 g/mol. The Morgan fingerprint density at radius 1 is 1.14 bits per heavy atom. The average molecular weight is 515 g/mol. The molecule has 11 heteroatoms. The van der Waals surface area contributed by atoms with Crippen molar-refractivity contribution in [1.82, 2.24) is 0 Å². The molecule has 5 rings (SSSR count). The van der Waals surface area contributed by atoms with Crippen molar-refractivity contribution < 1.29 is 48.7 Å². The Labute approximate surface area is 210 Å². The molecule has 10 nitrogen and oxygen atoms in total. The van der Waals surface area contributed by atoms with Gasteiger partial charge in [-0.3, -0.25) is 14.4 Å². The number of hydrogen-bond acceptors (Lipinski definition) is 10. The van der Waals surface area contributed by atoms with Gasteiger partial charge in [0.1, 0.15) is 17.6 Å². The summed E-state index contributed by atoms with van der Waals surface area (Å²) in [7, 11) is 0. The number of carbonyl (C=O) groups excluding carboxylic acids is 3. The second-order valence-corrected chi connectivity index (χ2v) is 9.82. The smallest absolute Gasteiger partial charge is 0.198 e. The van der Waals surface area contributed by atoms with Crippen LogP contribution in [-0.4, -0.2) is 74.1 Å². The van der Waals surface area contributed by atoms with Gasteiger partial charge in [-0.1, -0.05) is 24.3 Å². The molecule has 1 aliphatic heterocycles. The number of aromatic hydroxyl groups is 2. The molecule has 6 N–H and O–H groups in total. The van der Waals surface area contributed by atoms with E-state index in [-0.39, 0.29) is 28.7 Å². The van der Waals surface area contributed by atoms with Crippen LogP contribution in [0.2, 0.25) is 0 Å². The summed E-state index contributed by atoms with van der Waals surface area (Å²) in [5.41, 5.74) is 1.53. The number of ketones is 3. The molecule has 0 spiro atoms. The Balaban J connectivity index is 1.70. The van der Waals surface area contributed by atoms with Gasteiger partial charge in [-0.25, -0.2) is 4.39 Å². The van der Waals surface area contributed by atoms with Crippen LogP contribution in [-0.2, 0) is 20.7 Å². The van der Waals surface area contributed by atoms with Gasteiger partial charge in [-0.05, 0) is 13.8 Å². The van der Waals surface area contributed by atoms with E-state index in [2.05, 4.69) is 0 Å². The summed E-state index contributed by atoms with van der Waals surface area (Å²) in [6, 6.07) is 5.04. The van der Waals surface area contributed by atoms with E-state index in [9.17, 15) is 34.8 Å². The van der Waals surface area contributed by atoms with E-state index in [0.29, 0.717) is 0 Å². The maximum Gasteiger partial charge on any atom is 0.198 e. The lowest BCUT2D eigenvalue weighted by Gasteiger charge is -2.43. The minimum atomic E-state index is -2.68. The number of halogens is 1. The van der Waals surface area contributed by atoms with Crippen molar-refractivity contribution in [3.05, 3.63) is 57.6 Å². The molecule has 1 saturated heterocycles. The molecule has 2 aromatic rings. The van der Waals surface area contributed by atoms with Gasteiger partial charge in [0.05, 0.1) is 23.3 Å². The second kappa shape index (κ2) is 8.67. The van der Waals surface area contributed by atoms with Crippen molar-refractivity contribution in [3.8, 4) is 11.5 Å². The van der Waals surface area contributed by atoms with Gasteiger partial charge in [0.25, 0.3) is 0 Å². The van der Waals surface area contributed by atoms with Crippen molar-refractivity contribution in [2.24, 2.45) is 5.73 Å². The first-order chi connectivity index (χ1) is 17.4. The third-order valence-corrected chi connectivity index (χ3v) is 7.57. The first-order valence-corrected chi connectivity index (χ1v) is 11.8. The highest BCUT2D eigenvalue weighted by Crippen LogP contribution is 2.52. The summed E-state index contributed by atoms with van der Waals surface area (Å²) in [6.45, 7) is 2.48. The summed E-state index contributed by atoms with van der Waals surface area (Å²) >= 11 is 0. The minimum absolute atomic E-state index is 0.000552. The zero-order valence-corrected chi connectivity index (χ0v) is 20.0. The number of aliphatic hydroxyl groups excluding tert-OH is 1. The third-order valence-electron chi connectivity index (χ3n) is 7.57. The van der Waals surface area contributed by atoms with E-state index in [0.717, 1.165) is 6.92 Å². The topological polar surface area (TPSA) is 177 Å². The molecule has 0 amide bonds. The molecule has 1 heterocycles. The molecule has 0 unspecified atom stereocenters. The van der Waals surface area contributed by atoms with Crippen LogP contribution in [0, 0.1) is 0 Å². The first kappa shape index (κ1) is 25.4. The van der Waals surface area contributed by atoms with E-state index in [1.165, 1.54) is 31.2 Å². The third kappa shape index (κ3) is 3.61. The number of aliphatic hydroxyl groups is 2. The molecule has 0 aromatic heterocycles. The van der Waals surface area contributed by atoms with Crippen LogP contribution in [0.25, 0.3) is 0 Å². The molecule has 2 aromatic carbocycles. The van der Waals surface area contributed by atoms with Gasteiger partial charge in [-0.15, -0.1) is 0 Å². The van der Waals surface area contributed by atoms with Crippen molar-refractivity contribution in [2.45, 2.75) is 69.1 Å². The molecule has 7 atom stereocenters.